The summed E-state index contributed by atoms with van der Waals surface area (Å²) in [5.41, 5.74) is 9.80. The largest absolute Gasteiger partial charge is 0.510 e. The molecule has 3 heterocycles. The number of benzene rings is 5. The third-order valence-electron chi connectivity index (χ3n) is 10.1. The second kappa shape index (κ2) is 13.7. The Kier molecular flexibility index (Phi) is 9.47. The summed E-state index contributed by atoms with van der Waals surface area (Å²) < 4.78 is 13.0. The van der Waals surface area contributed by atoms with E-state index in [4.69, 9.17) is 9.72 Å². The van der Waals surface area contributed by atoms with Crippen LogP contribution in [-0.4, -0.2) is 14.1 Å². The van der Waals surface area contributed by atoms with Crippen molar-refractivity contribution in [2.45, 2.75) is 78.6 Å². The van der Waals surface area contributed by atoms with Gasteiger partial charge in [-0.3, -0.25) is 4.57 Å². The molecule has 0 radical (unpaired) electrons. The van der Waals surface area contributed by atoms with E-state index in [1.807, 2.05) is 30.5 Å². The maximum absolute atomic E-state index is 6.54. The first kappa shape index (κ1) is 37.3. The van der Waals surface area contributed by atoms with Gasteiger partial charge in [0.15, 0.2) is 0 Å². The van der Waals surface area contributed by atoms with Crippen molar-refractivity contribution >= 4 is 32.8 Å². The first-order chi connectivity index (χ1) is 25.1. The predicted octanol–water partition coefficient (Wildman–Crippen LogP) is 11.5. The normalized spacial score (nSPS) is 12.4. The summed E-state index contributed by atoms with van der Waals surface area (Å²) in [7, 11) is 0. The van der Waals surface area contributed by atoms with E-state index in [1.54, 1.807) is 0 Å². The van der Waals surface area contributed by atoms with Crippen molar-refractivity contribution < 1.29 is 30.4 Å². The van der Waals surface area contributed by atoms with Gasteiger partial charge in [0.2, 0.25) is 0 Å². The van der Waals surface area contributed by atoms with E-state index < -0.39 is 0 Å². The van der Waals surface area contributed by atoms with Crippen LogP contribution in [0.15, 0.2) is 115 Å². The Morgan fingerprint density at radius 3 is 1.94 bits per heavy atom. The van der Waals surface area contributed by atoms with Crippen molar-refractivity contribution in [2.24, 2.45) is 0 Å². The fourth-order valence-corrected chi connectivity index (χ4v) is 6.96. The minimum Gasteiger partial charge on any atom is -0.510 e. The average molecular weight is 890 g/mol. The fourth-order valence-electron chi connectivity index (χ4n) is 6.96. The number of aromatic nitrogens is 4. The van der Waals surface area contributed by atoms with Crippen LogP contribution >= 0.6 is 0 Å². The van der Waals surface area contributed by atoms with E-state index in [9.17, 15) is 0 Å². The molecule has 5 nitrogen and oxygen atoms in total. The summed E-state index contributed by atoms with van der Waals surface area (Å²) in [5, 5.41) is 2.24. The van der Waals surface area contributed by atoms with Crippen LogP contribution < -0.4 is 9.30 Å². The molecule has 0 fully saturated rings. The first-order valence-electron chi connectivity index (χ1n) is 18.4. The number of para-hydroxylation sites is 3. The minimum atomic E-state index is -0.0111. The zero-order chi connectivity index (χ0) is 37.3. The Bertz CT molecular complexity index is 2630. The zero-order valence-corrected chi connectivity index (χ0v) is 34.8. The van der Waals surface area contributed by atoms with Crippen LogP contribution in [0.4, 0.5) is 0 Å². The van der Waals surface area contributed by atoms with Crippen LogP contribution in [0.25, 0.3) is 50.0 Å². The van der Waals surface area contributed by atoms with Gasteiger partial charge in [0.05, 0.1) is 16.7 Å². The number of imidazole rings is 1. The molecule has 8 rings (SSSR count). The molecule has 3 aromatic heterocycles. The standard InChI is InChI=1S/C48H46N4O.Pt/c1-46(2,3)32-23-24-49-45(28-32)52-41-18-11-10-17-39(41)40-22-21-38(30-44(40)52)53-37-16-14-15-35(29-37)50-31-51(43-20-13-12-19-42(43)50)36-26-33(47(4,5)6)25-34(27-36)48(7,8)9;/h10-28H,1-9H3;/q-2;. The molecular weight excluding hydrogens is 844 g/mol. The molecule has 0 atom stereocenters. The minimum absolute atomic E-state index is 0. The van der Waals surface area contributed by atoms with Gasteiger partial charge in [-0.25, -0.2) is 4.98 Å². The molecule has 0 saturated carbocycles. The Hall–Kier alpha value is -4.99. The number of hydrogen-bond acceptors (Lipinski definition) is 2. The summed E-state index contributed by atoms with van der Waals surface area (Å²) >= 11 is 0. The van der Waals surface area contributed by atoms with Gasteiger partial charge in [0.25, 0.3) is 6.33 Å². The summed E-state index contributed by atoms with van der Waals surface area (Å²) in [5.74, 6) is 2.06. The Morgan fingerprint density at radius 1 is 0.593 bits per heavy atom. The molecule has 276 valence electrons. The smallest absolute Gasteiger partial charge is 0.268 e. The van der Waals surface area contributed by atoms with Crippen LogP contribution in [0.3, 0.4) is 0 Å². The number of ether oxygens (including phenoxy) is 1. The van der Waals surface area contributed by atoms with Crippen molar-refractivity contribution in [3.05, 3.63) is 151 Å². The molecule has 0 aliphatic carbocycles. The molecule has 0 unspecified atom stereocenters. The number of nitrogens with zero attached hydrogens (tertiary/aromatic N) is 4. The van der Waals surface area contributed by atoms with Gasteiger partial charge in [0, 0.05) is 44.3 Å². The van der Waals surface area contributed by atoms with Crippen molar-refractivity contribution in [1.82, 2.24) is 14.1 Å². The number of rotatable bonds is 5. The third-order valence-corrected chi connectivity index (χ3v) is 10.1. The zero-order valence-electron chi connectivity index (χ0n) is 32.5. The summed E-state index contributed by atoms with van der Waals surface area (Å²) in [6, 6.07) is 45.3. The topological polar surface area (TPSA) is 35.9 Å². The van der Waals surface area contributed by atoms with Gasteiger partial charge in [-0.1, -0.05) is 116 Å². The van der Waals surface area contributed by atoms with Crippen molar-refractivity contribution in [2.75, 3.05) is 0 Å². The van der Waals surface area contributed by atoms with Crippen LogP contribution in [-0.2, 0) is 37.3 Å². The maximum atomic E-state index is 6.54. The molecule has 5 aromatic carbocycles. The molecule has 0 spiro atoms. The molecule has 6 heteroatoms. The van der Waals surface area contributed by atoms with Gasteiger partial charge in [0.1, 0.15) is 5.82 Å². The summed E-state index contributed by atoms with van der Waals surface area (Å²) in [4.78, 5) is 4.82. The second-order valence-corrected chi connectivity index (χ2v) is 17.1. The van der Waals surface area contributed by atoms with E-state index >= 15 is 0 Å². The van der Waals surface area contributed by atoms with Gasteiger partial charge in [-0.2, -0.15) is 18.2 Å². The first-order valence-corrected chi connectivity index (χ1v) is 18.4. The molecular formula is C48H46N4OPt-2. The van der Waals surface area contributed by atoms with E-state index in [2.05, 4.69) is 179 Å². The van der Waals surface area contributed by atoms with Crippen LogP contribution in [0.2, 0.25) is 0 Å². The fraction of sp³-hybridized carbons (Fsp3) is 0.250. The summed E-state index contributed by atoms with van der Waals surface area (Å²) in [6.07, 6.45) is 5.58. The molecule has 0 amide bonds. The van der Waals surface area contributed by atoms with Gasteiger partial charge >= 0.3 is 0 Å². The van der Waals surface area contributed by atoms with E-state index in [0.29, 0.717) is 11.5 Å². The van der Waals surface area contributed by atoms with Crippen molar-refractivity contribution in [3.63, 3.8) is 0 Å². The Labute approximate surface area is 333 Å². The van der Waals surface area contributed by atoms with Gasteiger partial charge in [-0.15, -0.1) is 29.7 Å². The molecule has 0 aliphatic rings. The summed E-state index contributed by atoms with van der Waals surface area (Å²) in [6.45, 7) is 20.3. The quantitative estimate of drug-likeness (QED) is 0.127. The molecule has 0 saturated heterocycles. The molecule has 54 heavy (non-hydrogen) atoms. The van der Waals surface area contributed by atoms with Crippen molar-refractivity contribution in [3.8, 4) is 28.7 Å². The van der Waals surface area contributed by atoms with E-state index in [1.165, 1.54) is 16.7 Å². The molecule has 0 aliphatic heterocycles. The van der Waals surface area contributed by atoms with E-state index in [-0.39, 0.29) is 37.3 Å². The van der Waals surface area contributed by atoms with E-state index in [0.717, 1.165) is 50.0 Å². The van der Waals surface area contributed by atoms with Crippen LogP contribution in [0.5, 0.6) is 11.5 Å². The Morgan fingerprint density at radius 2 is 1.24 bits per heavy atom. The third kappa shape index (κ3) is 6.91. The second-order valence-electron chi connectivity index (χ2n) is 17.1. The number of hydrogen-bond donors (Lipinski definition) is 0. The van der Waals surface area contributed by atoms with Crippen LogP contribution in [0, 0.1) is 18.5 Å². The van der Waals surface area contributed by atoms with Crippen LogP contribution in [0.1, 0.15) is 79.0 Å². The van der Waals surface area contributed by atoms with Crippen molar-refractivity contribution in [1.29, 1.82) is 0 Å². The molecule has 0 N–H and O–H groups in total. The number of pyridine rings is 1. The van der Waals surface area contributed by atoms with Gasteiger partial charge in [-0.05, 0) is 74.3 Å². The average Bonchev–Trinajstić information content (AvgIpc) is 3.67. The SMILES string of the molecule is CC(C)(C)c1cc(-[n+]2[c-]n(-c3[c-]c(Oc4[c-]c5c(cc4)c4ccccc4n5-c4cc(C(C)(C)C)ccn4)ccc3)c3ccccc32)cc(C(C)(C)C)c1.[Pt]. The van der Waals surface area contributed by atoms with Gasteiger partial charge < -0.3 is 13.9 Å². The Balaban J connectivity index is 0.00000450. The molecule has 8 aromatic rings. The number of fused-ring (bicyclic) bond motifs is 4. The molecule has 0 bridgehead atoms. The maximum Gasteiger partial charge on any atom is 0.268 e. The predicted molar refractivity (Wildman–Crippen MR) is 216 cm³/mol. The monoisotopic (exact) mass is 889 g/mol.